The second-order valence-electron chi connectivity index (χ2n) is 6.68. The first-order valence-electron chi connectivity index (χ1n) is 9.73. The quantitative estimate of drug-likeness (QED) is 0.254. The minimum absolute atomic E-state index is 0.0894. The van der Waals surface area contributed by atoms with Crippen LogP contribution in [0, 0.1) is 0 Å². The summed E-state index contributed by atoms with van der Waals surface area (Å²) in [6.45, 7) is 2.06. The van der Waals surface area contributed by atoms with Gasteiger partial charge in [0, 0.05) is 13.0 Å². The van der Waals surface area contributed by atoms with Gasteiger partial charge in [0.2, 0.25) is 0 Å². The molecule has 0 aromatic rings. The summed E-state index contributed by atoms with van der Waals surface area (Å²) in [5.74, 6) is -3.51. The lowest BCUT2D eigenvalue weighted by Crippen LogP contribution is -2.43. The summed E-state index contributed by atoms with van der Waals surface area (Å²) in [6, 6.07) is 0. The highest BCUT2D eigenvalue weighted by Gasteiger charge is 2.41. The van der Waals surface area contributed by atoms with Crippen LogP contribution in [0.15, 0.2) is 0 Å². The molecule has 0 saturated heterocycles. The van der Waals surface area contributed by atoms with Gasteiger partial charge < -0.3 is 24.8 Å². The van der Waals surface area contributed by atoms with Crippen LogP contribution in [-0.4, -0.2) is 58.6 Å². The van der Waals surface area contributed by atoms with Crippen LogP contribution in [0.4, 0.5) is 0 Å². The van der Waals surface area contributed by atoms with Gasteiger partial charge >= 0.3 is 17.9 Å². The zero-order chi connectivity index (χ0) is 20.5. The highest BCUT2D eigenvalue weighted by atomic mass is 16.5. The SMILES string of the molecule is CCCCCCCCCCOC(=O)CC(O)(CC(=O)OCCCO)C(=O)O. The Bertz CT molecular complexity index is 437. The molecule has 0 fully saturated rings. The first-order chi connectivity index (χ1) is 12.9. The monoisotopic (exact) mass is 390 g/mol. The van der Waals surface area contributed by atoms with Gasteiger partial charge in [-0.05, 0) is 6.42 Å². The van der Waals surface area contributed by atoms with E-state index >= 15 is 0 Å². The third-order valence-electron chi connectivity index (χ3n) is 4.10. The molecule has 0 aliphatic carbocycles. The fourth-order valence-corrected chi connectivity index (χ4v) is 2.47. The van der Waals surface area contributed by atoms with Gasteiger partial charge in [0.05, 0.1) is 26.1 Å². The highest BCUT2D eigenvalue weighted by molar-refractivity contribution is 5.88. The van der Waals surface area contributed by atoms with E-state index < -0.39 is 36.4 Å². The first kappa shape index (κ1) is 25.3. The fourth-order valence-electron chi connectivity index (χ4n) is 2.47. The number of aliphatic hydroxyl groups is 2. The van der Waals surface area contributed by atoms with E-state index in [0.29, 0.717) is 6.42 Å². The molecule has 0 aliphatic rings. The van der Waals surface area contributed by atoms with Crippen molar-refractivity contribution in [3.63, 3.8) is 0 Å². The van der Waals surface area contributed by atoms with Crippen LogP contribution in [0.25, 0.3) is 0 Å². The van der Waals surface area contributed by atoms with Crippen molar-refractivity contribution < 1.29 is 39.2 Å². The van der Waals surface area contributed by atoms with Crippen molar-refractivity contribution in [3.05, 3.63) is 0 Å². The molecule has 1 unspecified atom stereocenters. The van der Waals surface area contributed by atoms with Crippen molar-refractivity contribution in [1.29, 1.82) is 0 Å². The summed E-state index contributed by atoms with van der Waals surface area (Å²) >= 11 is 0. The number of esters is 2. The molecular weight excluding hydrogens is 356 g/mol. The normalized spacial score (nSPS) is 13.0. The van der Waals surface area contributed by atoms with E-state index in [-0.39, 0.29) is 26.2 Å². The van der Waals surface area contributed by atoms with Crippen LogP contribution < -0.4 is 0 Å². The molecule has 27 heavy (non-hydrogen) atoms. The van der Waals surface area contributed by atoms with E-state index in [1.807, 2.05) is 0 Å². The zero-order valence-corrected chi connectivity index (χ0v) is 16.3. The standard InChI is InChI=1S/C19H34O8/c1-2-3-4-5-6-7-8-9-12-26-16(21)14-19(25,18(23)24)15-17(22)27-13-10-11-20/h20,25H,2-15H2,1H3,(H,23,24). The number of ether oxygens (including phenoxy) is 2. The number of hydrogen-bond donors (Lipinski definition) is 3. The highest BCUT2D eigenvalue weighted by Crippen LogP contribution is 2.18. The maximum Gasteiger partial charge on any atom is 0.336 e. The minimum Gasteiger partial charge on any atom is -0.479 e. The van der Waals surface area contributed by atoms with Crippen molar-refractivity contribution in [2.75, 3.05) is 19.8 Å². The van der Waals surface area contributed by atoms with Crippen LogP contribution in [0.5, 0.6) is 0 Å². The Labute approximate surface area is 160 Å². The lowest BCUT2D eigenvalue weighted by Gasteiger charge is -2.21. The van der Waals surface area contributed by atoms with Crippen LogP contribution >= 0.6 is 0 Å². The molecule has 8 nitrogen and oxygen atoms in total. The van der Waals surface area contributed by atoms with Gasteiger partial charge in [-0.15, -0.1) is 0 Å². The number of carboxylic acid groups (broad SMARTS) is 1. The molecule has 0 rings (SSSR count). The van der Waals surface area contributed by atoms with E-state index in [2.05, 4.69) is 6.92 Å². The molecule has 0 bridgehead atoms. The summed E-state index contributed by atoms with van der Waals surface area (Å²) in [4.78, 5) is 34.6. The van der Waals surface area contributed by atoms with E-state index in [1.54, 1.807) is 0 Å². The summed E-state index contributed by atoms with van der Waals surface area (Å²) < 4.78 is 9.66. The molecule has 0 amide bonds. The smallest absolute Gasteiger partial charge is 0.336 e. The van der Waals surface area contributed by atoms with Crippen molar-refractivity contribution in [2.45, 2.75) is 83.2 Å². The topological polar surface area (TPSA) is 130 Å². The Hall–Kier alpha value is -1.67. The Morgan fingerprint density at radius 2 is 1.22 bits per heavy atom. The lowest BCUT2D eigenvalue weighted by molar-refractivity contribution is -0.173. The molecule has 0 aliphatic heterocycles. The van der Waals surface area contributed by atoms with Crippen LogP contribution in [0.1, 0.15) is 77.6 Å². The Balaban J connectivity index is 4.07. The van der Waals surface area contributed by atoms with E-state index in [0.717, 1.165) is 19.3 Å². The molecule has 158 valence electrons. The number of unbranched alkanes of at least 4 members (excludes halogenated alkanes) is 7. The summed E-state index contributed by atoms with van der Waals surface area (Å²) in [7, 11) is 0. The first-order valence-corrected chi connectivity index (χ1v) is 9.73. The summed E-state index contributed by atoms with van der Waals surface area (Å²) in [5.41, 5.74) is -2.56. The Morgan fingerprint density at radius 1 is 0.778 bits per heavy atom. The molecule has 0 spiro atoms. The average Bonchev–Trinajstić information content (AvgIpc) is 2.60. The Morgan fingerprint density at radius 3 is 1.67 bits per heavy atom. The number of aliphatic hydroxyl groups excluding tert-OH is 1. The van der Waals surface area contributed by atoms with Crippen molar-refractivity contribution in [2.24, 2.45) is 0 Å². The third-order valence-corrected chi connectivity index (χ3v) is 4.10. The maximum atomic E-state index is 11.8. The molecule has 0 aromatic heterocycles. The molecule has 0 radical (unpaired) electrons. The number of carbonyl (C=O) groups is 3. The number of aliphatic carboxylic acids is 1. The molecule has 8 heteroatoms. The number of rotatable bonds is 17. The third kappa shape index (κ3) is 13.2. The predicted octanol–water partition coefficient (Wildman–Crippen LogP) is 2.19. The molecular formula is C19H34O8. The molecule has 3 N–H and O–H groups in total. The van der Waals surface area contributed by atoms with Gasteiger partial charge in [0.25, 0.3) is 0 Å². The van der Waals surface area contributed by atoms with Gasteiger partial charge in [-0.25, -0.2) is 4.79 Å². The molecule has 0 aromatic carbocycles. The second kappa shape index (κ2) is 15.4. The molecule has 0 heterocycles. The van der Waals surface area contributed by atoms with Crippen molar-refractivity contribution >= 4 is 17.9 Å². The largest absolute Gasteiger partial charge is 0.479 e. The number of carbonyl (C=O) groups excluding carboxylic acids is 2. The minimum atomic E-state index is -2.56. The number of carboxylic acids is 1. The zero-order valence-electron chi connectivity index (χ0n) is 16.3. The van der Waals surface area contributed by atoms with Crippen LogP contribution in [-0.2, 0) is 23.9 Å². The van der Waals surface area contributed by atoms with E-state index in [4.69, 9.17) is 19.7 Å². The van der Waals surface area contributed by atoms with Gasteiger partial charge in [-0.3, -0.25) is 9.59 Å². The Kier molecular flexibility index (Phi) is 14.4. The average molecular weight is 390 g/mol. The predicted molar refractivity (Wildman–Crippen MR) is 98.1 cm³/mol. The van der Waals surface area contributed by atoms with Gasteiger partial charge in [-0.2, -0.15) is 0 Å². The van der Waals surface area contributed by atoms with Crippen molar-refractivity contribution in [3.8, 4) is 0 Å². The van der Waals surface area contributed by atoms with Gasteiger partial charge in [-0.1, -0.05) is 51.9 Å². The molecule has 0 saturated carbocycles. The van der Waals surface area contributed by atoms with Crippen LogP contribution in [0.2, 0.25) is 0 Å². The summed E-state index contributed by atoms with van der Waals surface area (Å²) in [6.07, 6.45) is 7.21. The number of hydrogen-bond acceptors (Lipinski definition) is 7. The maximum absolute atomic E-state index is 11.8. The molecule has 1 atom stereocenters. The van der Waals surface area contributed by atoms with Gasteiger partial charge in [0.15, 0.2) is 5.60 Å². The van der Waals surface area contributed by atoms with E-state index in [1.165, 1.54) is 25.7 Å². The lowest BCUT2D eigenvalue weighted by atomic mass is 9.96. The van der Waals surface area contributed by atoms with Gasteiger partial charge in [0.1, 0.15) is 0 Å². The summed E-state index contributed by atoms with van der Waals surface area (Å²) in [5, 5.41) is 27.8. The van der Waals surface area contributed by atoms with Crippen molar-refractivity contribution in [1.82, 2.24) is 0 Å². The second-order valence-corrected chi connectivity index (χ2v) is 6.68. The van der Waals surface area contributed by atoms with E-state index in [9.17, 15) is 19.5 Å². The fraction of sp³-hybridized carbons (Fsp3) is 0.842. The van der Waals surface area contributed by atoms with Crippen LogP contribution in [0.3, 0.4) is 0 Å².